The first-order valence-corrected chi connectivity index (χ1v) is 3.49. The summed E-state index contributed by atoms with van der Waals surface area (Å²) in [5, 5.41) is 3.69. The minimum Gasteiger partial charge on any atom is -0.274 e. The Labute approximate surface area is 70.3 Å². The Bertz CT molecular complexity index is 282. The second-order valence-electron chi connectivity index (χ2n) is 2.21. The van der Waals surface area contributed by atoms with Gasteiger partial charge in [0.05, 0.1) is 6.21 Å². The SMILES string of the molecule is CC(=O)N/N=C/c1ccncc1. The van der Waals surface area contributed by atoms with Crippen LogP contribution in [-0.2, 0) is 4.79 Å². The van der Waals surface area contributed by atoms with Crippen LogP contribution in [0.4, 0.5) is 0 Å². The average Bonchev–Trinajstić information content (AvgIpc) is 2.05. The highest BCUT2D eigenvalue weighted by atomic mass is 16.2. The number of rotatable bonds is 2. The highest BCUT2D eigenvalue weighted by Crippen LogP contribution is 1.89. The zero-order chi connectivity index (χ0) is 8.81. The first kappa shape index (κ1) is 8.39. The summed E-state index contributed by atoms with van der Waals surface area (Å²) in [5.74, 6) is -0.180. The maximum Gasteiger partial charge on any atom is 0.236 e. The van der Waals surface area contributed by atoms with Gasteiger partial charge in [-0.1, -0.05) is 0 Å². The molecular formula is C8H9N3O. The topological polar surface area (TPSA) is 54.4 Å². The summed E-state index contributed by atoms with van der Waals surface area (Å²) in [4.78, 5) is 14.2. The monoisotopic (exact) mass is 163 g/mol. The van der Waals surface area contributed by atoms with Gasteiger partial charge in [-0.15, -0.1) is 0 Å². The van der Waals surface area contributed by atoms with Crippen LogP contribution in [0.25, 0.3) is 0 Å². The second kappa shape index (κ2) is 4.23. The molecule has 0 atom stereocenters. The Hall–Kier alpha value is -1.71. The van der Waals surface area contributed by atoms with E-state index in [0.29, 0.717) is 0 Å². The summed E-state index contributed by atoms with van der Waals surface area (Å²) in [6.07, 6.45) is 4.88. The number of nitrogens with zero attached hydrogens (tertiary/aromatic N) is 2. The Kier molecular flexibility index (Phi) is 2.95. The number of nitrogens with one attached hydrogen (secondary N) is 1. The highest BCUT2D eigenvalue weighted by Gasteiger charge is 1.85. The van der Waals surface area contributed by atoms with Crippen molar-refractivity contribution in [3.05, 3.63) is 30.1 Å². The molecule has 1 aromatic heterocycles. The van der Waals surface area contributed by atoms with Crippen LogP contribution in [0.5, 0.6) is 0 Å². The van der Waals surface area contributed by atoms with Gasteiger partial charge in [-0.2, -0.15) is 5.10 Å². The molecule has 1 heterocycles. The van der Waals surface area contributed by atoms with Crippen molar-refractivity contribution in [2.75, 3.05) is 0 Å². The van der Waals surface area contributed by atoms with E-state index < -0.39 is 0 Å². The third-order valence-electron chi connectivity index (χ3n) is 1.14. The van der Waals surface area contributed by atoms with E-state index in [0.717, 1.165) is 5.56 Å². The lowest BCUT2D eigenvalue weighted by Crippen LogP contribution is -2.12. The number of carbonyl (C=O) groups excluding carboxylic acids is 1. The van der Waals surface area contributed by atoms with E-state index in [1.807, 2.05) is 0 Å². The predicted molar refractivity (Wildman–Crippen MR) is 45.6 cm³/mol. The van der Waals surface area contributed by atoms with Gasteiger partial charge in [0.15, 0.2) is 0 Å². The molecular weight excluding hydrogens is 154 g/mol. The number of amides is 1. The van der Waals surface area contributed by atoms with E-state index in [2.05, 4.69) is 15.5 Å². The molecule has 1 aromatic rings. The number of hydrazone groups is 1. The summed E-state index contributed by atoms with van der Waals surface area (Å²) in [6, 6.07) is 3.59. The van der Waals surface area contributed by atoms with Crippen molar-refractivity contribution >= 4 is 12.1 Å². The largest absolute Gasteiger partial charge is 0.274 e. The van der Waals surface area contributed by atoms with Crippen molar-refractivity contribution in [2.45, 2.75) is 6.92 Å². The van der Waals surface area contributed by atoms with E-state index >= 15 is 0 Å². The van der Waals surface area contributed by atoms with Crippen molar-refractivity contribution < 1.29 is 4.79 Å². The summed E-state index contributed by atoms with van der Waals surface area (Å²) >= 11 is 0. The standard InChI is InChI=1S/C8H9N3O/c1-7(12)11-10-6-8-2-4-9-5-3-8/h2-6H,1H3,(H,11,12)/b10-6+. The molecule has 4 nitrogen and oxygen atoms in total. The highest BCUT2D eigenvalue weighted by molar-refractivity contribution is 5.81. The van der Waals surface area contributed by atoms with E-state index in [9.17, 15) is 4.79 Å². The fraction of sp³-hybridized carbons (Fsp3) is 0.125. The van der Waals surface area contributed by atoms with Gasteiger partial charge in [0.2, 0.25) is 5.91 Å². The predicted octanol–water partition coefficient (Wildman–Crippen LogP) is 0.552. The van der Waals surface area contributed by atoms with Crippen LogP contribution in [-0.4, -0.2) is 17.1 Å². The number of carbonyl (C=O) groups is 1. The van der Waals surface area contributed by atoms with Crippen LogP contribution in [0.1, 0.15) is 12.5 Å². The molecule has 0 unspecified atom stereocenters. The molecule has 0 bridgehead atoms. The van der Waals surface area contributed by atoms with Crippen molar-refractivity contribution in [2.24, 2.45) is 5.10 Å². The molecule has 0 saturated heterocycles. The van der Waals surface area contributed by atoms with Gasteiger partial charge >= 0.3 is 0 Å². The van der Waals surface area contributed by atoms with Gasteiger partial charge in [-0.25, -0.2) is 5.43 Å². The van der Waals surface area contributed by atoms with Crippen molar-refractivity contribution in [1.29, 1.82) is 0 Å². The molecule has 0 radical (unpaired) electrons. The third kappa shape index (κ3) is 2.92. The summed E-state index contributed by atoms with van der Waals surface area (Å²) < 4.78 is 0. The zero-order valence-corrected chi connectivity index (χ0v) is 6.69. The van der Waals surface area contributed by atoms with Crippen LogP contribution >= 0.6 is 0 Å². The minimum atomic E-state index is -0.180. The Morgan fingerprint density at radius 3 is 2.83 bits per heavy atom. The molecule has 4 heteroatoms. The zero-order valence-electron chi connectivity index (χ0n) is 6.69. The quantitative estimate of drug-likeness (QED) is 0.511. The van der Waals surface area contributed by atoms with Crippen LogP contribution in [0.15, 0.2) is 29.6 Å². The second-order valence-corrected chi connectivity index (χ2v) is 2.21. The lowest BCUT2D eigenvalue weighted by molar-refractivity contribution is -0.118. The average molecular weight is 163 g/mol. The van der Waals surface area contributed by atoms with Gasteiger partial charge in [-0.3, -0.25) is 9.78 Å². The molecule has 62 valence electrons. The molecule has 1 rings (SSSR count). The van der Waals surface area contributed by atoms with Crippen molar-refractivity contribution in [3.8, 4) is 0 Å². The number of hydrogen-bond acceptors (Lipinski definition) is 3. The lowest BCUT2D eigenvalue weighted by Gasteiger charge is -1.91. The van der Waals surface area contributed by atoms with E-state index in [1.54, 1.807) is 30.7 Å². The first-order chi connectivity index (χ1) is 5.79. The summed E-state index contributed by atoms with van der Waals surface area (Å²) in [5.41, 5.74) is 3.21. The smallest absolute Gasteiger partial charge is 0.236 e. The summed E-state index contributed by atoms with van der Waals surface area (Å²) in [6.45, 7) is 1.41. The fourth-order valence-corrected chi connectivity index (χ4v) is 0.647. The van der Waals surface area contributed by atoms with Crippen LogP contribution in [0, 0.1) is 0 Å². The van der Waals surface area contributed by atoms with Crippen molar-refractivity contribution in [1.82, 2.24) is 10.4 Å². The van der Waals surface area contributed by atoms with Crippen LogP contribution in [0.3, 0.4) is 0 Å². The van der Waals surface area contributed by atoms with Gasteiger partial charge in [0, 0.05) is 19.3 Å². The maximum absolute atomic E-state index is 10.4. The van der Waals surface area contributed by atoms with Crippen LogP contribution in [0.2, 0.25) is 0 Å². The minimum absolute atomic E-state index is 0.180. The van der Waals surface area contributed by atoms with E-state index in [4.69, 9.17) is 0 Å². The lowest BCUT2D eigenvalue weighted by atomic mass is 10.3. The summed E-state index contributed by atoms with van der Waals surface area (Å²) in [7, 11) is 0. The Balaban J connectivity index is 2.52. The van der Waals surface area contributed by atoms with Gasteiger partial charge < -0.3 is 0 Å². The van der Waals surface area contributed by atoms with Crippen LogP contribution < -0.4 is 5.43 Å². The first-order valence-electron chi connectivity index (χ1n) is 3.49. The normalized spacial score (nSPS) is 10.1. The Morgan fingerprint density at radius 2 is 2.25 bits per heavy atom. The molecule has 12 heavy (non-hydrogen) atoms. The molecule has 1 N–H and O–H groups in total. The Morgan fingerprint density at radius 1 is 1.58 bits per heavy atom. The van der Waals surface area contributed by atoms with Gasteiger partial charge in [-0.05, 0) is 17.7 Å². The number of aromatic nitrogens is 1. The molecule has 0 aliphatic carbocycles. The number of pyridine rings is 1. The molecule has 0 aliphatic rings. The maximum atomic E-state index is 10.4. The third-order valence-corrected chi connectivity index (χ3v) is 1.14. The van der Waals surface area contributed by atoms with Gasteiger partial charge in [0.1, 0.15) is 0 Å². The van der Waals surface area contributed by atoms with E-state index in [1.165, 1.54) is 6.92 Å². The molecule has 1 amide bonds. The fourth-order valence-electron chi connectivity index (χ4n) is 0.647. The molecule has 0 saturated carbocycles. The van der Waals surface area contributed by atoms with E-state index in [-0.39, 0.29) is 5.91 Å². The molecule has 0 aliphatic heterocycles. The van der Waals surface area contributed by atoms with Crippen molar-refractivity contribution in [3.63, 3.8) is 0 Å². The molecule has 0 fully saturated rings. The molecule has 0 spiro atoms. The molecule has 0 aromatic carbocycles. The van der Waals surface area contributed by atoms with Gasteiger partial charge in [0.25, 0.3) is 0 Å². The number of hydrogen-bond donors (Lipinski definition) is 1.